The smallest absolute Gasteiger partial charge is 0.240 e. The van der Waals surface area contributed by atoms with Crippen LogP contribution in [-0.4, -0.2) is 60.1 Å². The molecular weight excluding hydrogens is 449 g/mol. The first-order valence-corrected chi connectivity index (χ1v) is 13.6. The molecule has 170 valence electrons. The number of fused-ring (bicyclic) bond motifs is 1. The molecule has 3 heterocycles. The van der Waals surface area contributed by atoms with E-state index in [-0.39, 0.29) is 12.2 Å². The zero-order valence-electron chi connectivity index (χ0n) is 17.9. The first-order chi connectivity index (χ1) is 15.3. The summed E-state index contributed by atoms with van der Waals surface area (Å²) in [5.74, 6) is 1.27. The van der Waals surface area contributed by atoms with Crippen LogP contribution in [0.15, 0.2) is 24.4 Å². The molecule has 5 rings (SSSR count). The molecule has 0 saturated carbocycles. The van der Waals surface area contributed by atoms with E-state index in [1.54, 1.807) is 12.3 Å². The molecule has 1 aliphatic carbocycles. The third-order valence-corrected chi connectivity index (χ3v) is 9.65. The minimum Gasteiger partial charge on any atom is -0.296 e. The Labute approximate surface area is 192 Å². The van der Waals surface area contributed by atoms with Gasteiger partial charge in [-0.1, -0.05) is 0 Å². The molecule has 6 nitrogen and oxygen atoms in total. The number of pyridine rings is 1. The van der Waals surface area contributed by atoms with Gasteiger partial charge >= 0.3 is 0 Å². The molecule has 0 unspecified atom stereocenters. The van der Waals surface area contributed by atoms with Crippen molar-refractivity contribution < 1.29 is 17.6 Å². The van der Waals surface area contributed by atoms with E-state index in [0.29, 0.717) is 43.1 Å². The van der Waals surface area contributed by atoms with Crippen LogP contribution in [0.2, 0.25) is 0 Å². The van der Waals surface area contributed by atoms with Crippen LogP contribution in [0.25, 0.3) is 11.1 Å². The average Bonchev–Trinajstić information content (AvgIpc) is 3.14. The summed E-state index contributed by atoms with van der Waals surface area (Å²) in [4.78, 5) is 19.3. The molecule has 0 atom stereocenters. The van der Waals surface area contributed by atoms with Crippen molar-refractivity contribution in [2.24, 2.45) is 0 Å². The Kier molecular flexibility index (Phi) is 5.75. The number of aryl methyl sites for hydroxylation is 1. The fourth-order valence-corrected chi connectivity index (χ4v) is 7.01. The van der Waals surface area contributed by atoms with Crippen molar-refractivity contribution in [3.63, 3.8) is 0 Å². The highest BCUT2D eigenvalue weighted by molar-refractivity contribution is 8.00. The SMILES string of the molecule is Cc1cc(-c2cc(F)c3c(c2CC(=O)NS(=O)(=O)C2CN(C4CSC4)C2)CCC3)ccn1. The first kappa shape index (κ1) is 21.9. The van der Waals surface area contributed by atoms with Crippen molar-refractivity contribution in [3.8, 4) is 11.1 Å². The van der Waals surface area contributed by atoms with E-state index in [9.17, 15) is 17.6 Å². The lowest BCUT2D eigenvalue weighted by molar-refractivity contribution is -0.118. The summed E-state index contributed by atoms with van der Waals surface area (Å²) in [5, 5.41) is -0.557. The highest BCUT2D eigenvalue weighted by Crippen LogP contribution is 2.36. The molecule has 0 bridgehead atoms. The fourth-order valence-electron chi connectivity index (χ4n) is 4.81. The van der Waals surface area contributed by atoms with Crippen LogP contribution >= 0.6 is 11.8 Å². The van der Waals surface area contributed by atoms with Crippen molar-refractivity contribution in [1.29, 1.82) is 0 Å². The number of hydrogen-bond acceptors (Lipinski definition) is 6. The van der Waals surface area contributed by atoms with Crippen LogP contribution in [0, 0.1) is 12.7 Å². The molecule has 2 fully saturated rings. The lowest BCUT2D eigenvalue weighted by Gasteiger charge is -2.46. The number of aromatic nitrogens is 1. The second-order valence-electron chi connectivity index (χ2n) is 8.90. The molecule has 1 aromatic carbocycles. The summed E-state index contributed by atoms with van der Waals surface area (Å²) in [6.07, 6.45) is 3.73. The Morgan fingerprint density at radius 3 is 2.69 bits per heavy atom. The topological polar surface area (TPSA) is 79.4 Å². The molecule has 2 saturated heterocycles. The Balaban J connectivity index is 1.37. The molecule has 2 aromatic rings. The van der Waals surface area contributed by atoms with Crippen LogP contribution in [0.3, 0.4) is 0 Å². The first-order valence-electron chi connectivity index (χ1n) is 10.9. The highest BCUT2D eigenvalue weighted by atomic mass is 32.2. The third-order valence-electron chi connectivity index (χ3n) is 6.72. The Morgan fingerprint density at radius 2 is 2.00 bits per heavy atom. The summed E-state index contributed by atoms with van der Waals surface area (Å²) in [6.45, 7) is 2.80. The normalized spacial score (nSPS) is 19.3. The van der Waals surface area contributed by atoms with E-state index >= 15 is 0 Å². The number of amides is 1. The standard InChI is InChI=1S/C23H26FN3O3S2/c1-14-7-15(5-6-25-14)20-8-22(24)19-4-2-3-18(19)21(20)9-23(28)26-32(29,30)17-10-27(11-17)16-12-31-13-16/h5-8,16-17H,2-4,9-13H2,1H3,(H,26,28). The largest absolute Gasteiger partial charge is 0.296 e. The number of benzene rings is 1. The van der Waals surface area contributed by atoms with E-state index in [1.165, 1.54) is 6.07 Å². The van der Waals surface area contributed by atoms with Crippen LogP contribution in [0.1, 0.15) is 28.8 Å². The van der Waals surface area contributed by atoms with Gasteiger partial charge in [0.05, 0.1) is 6.42 Å². The van der Waals surface area contributed by atoms with E-state index in [4.69, 9.17) is 0 Å². The van der Waals surface area contributed by atoms with Gasteiger partial charge in [-0.05, 0) is 72.2 Å². The molecule has 9 heteroatoms. The average molecular weight is 476 g/mol. The van der Waals surface area contributed by atoms with Crippen LogP contribution < -0.4 is 4.72 Å². The highest BCUT2D eigenvalue weighted by Gasteiger charge is 2.42. The van der Waals surface area contributed by atoms with Gasteiger partial charge in [0.25, 0.3) is 0 Å². The monoisotopic (exact) mass is 475 g/mol. The number of likely N-dealkylation sites (tertiary alicyclic amines) is 1. The van der Waals surface area contributed by atoms with Crippen molar-refractivity contribution in [3.05, 3.63) is 52.6 Å². The number of carbonyl (C=O) groups is 1. The van der Waals surface area contributed by atoms with Crippen molar-refractivity contribution in [2.45, 2.75) is 43.9 Å². The molecule has 1 aromatic heterocycles. The summed E-state index contributed by atoms with van der Waals surface area (Å²) >= 11 is 1.86. The van der Waals surface area contributed by atoms with E-state index in [2.05, 4.69) is 14.6 Å². The maximum absolute atomic E-state index is 14.8. The lowest BCUT2D eigenvalue weighted by atomic mass is 9.90. The second-order valence-corrected chi connectivity index (χ2v) is 11.9. The molecule has 3 aliphatic rings. The minimum absolute atomic E-state index is 0.0890. The molecule has 0 radical (unpaired) electrons. The second kappa shape index (κ2) is 8.43. The van der Waals surface area contributed by atoms with Crippen LogP contribution in [-0.2, 0) is 34.1 Å². The third kappa shape index (κ3) is 4.06. The number of rotatable bonds is 6. The van der Waals surface area contributed by atoms with Crippen molar-refractivity contribution >= 4 is 27.7 Å². The molecule has 32 heavy (non-hydrogen) atoms. The van der Waals surface area contributed by atoms with Gasteiger partial charge in [0, 0.05) is 42.5 Å². The molecule has 0 spiro atoms. The van der Waals surface area contributed by atoms with Gasteiger partial charge in [-0.3, -0.25) is 19.4 Å². The Hall–Kier alpha value is -1.97. The zero-order valence-corrected chi connectivity index (χ0v) is 19.6. The number of thioether (sulfide) groups is 1. The molecule has 2 aliphatic heterocycles. The number of nitrogens with one attached hydrogen (secondary N) is 1. The van der Waals surface area contributed by atoms with Crippen LogP contribution in [0.5, 0.6) is 0 Å². The number of nitrogens with zero attached hydrogens (tertiary/aromatic N) is 2. The molecular formula is C23H26FN3O3S2. The summed E-state index contributed by atoms with van der Waals surface area (Å²) in [7, 11) is -3.73. The fraction of sp³-hybridized carbons (Fsp3) is 0.478. The van der Waals surface area contributed by atoms with Gasteiger partial charge < -0.3 is 0 Å². The van der Waals surface area contributed by atoms with Gasteiger partial charge in [0.2, 0.25) is 15.9 Å². The van der Waals surface area contributed by atoms with Gasteiger partial charge in [0.15, 0.2) is 0 Å². The van der Waals surface area contributed by atoms with E-state index < -0.39 is 21.2 Å². The zero-order chi connectivity index (χ0) is 22.5. The van der Waals surface area contributed by atoms with E-state index in [1.807, 2.05) is 24.8 Å². The lowest BCUT2D eigenvalue weighted by Crippen LogP contribution is -2.63. The van der Waals surface area contributed by atoms with Gasteiger partial charge in [-0.15, -0.1) is 0 Å². The predicted molar refractivity (Wildman–Crippen MR) is 124 cm³/mol. The Bertz CT molecular complexity index is 1180. The van der Waals surface area contributed by atoms with Crippen molar-refractivity contribution in [1.82, 2.24) is 14.6 Å². The molecule has 1 amide bonds. The molecule has 1 N–H and O–H groups in total. The summed E-state index contributed by atoms with van der Waals surface area (Å²) in [6, 6.07) is 5.60. The number of halogens is 1. The van der Waals surface area contributed by atoms with Crippen molar-refractivity contribution in [2.75, 3.05) is 24.6 Å². The summed E-state index contributed by atoms with van der Waals surface area (Å²) in [5.41, 5.74) is 4.43. The minimum atomic E-state index is -3.73. The quantitative estimate of drug-likeness (QED) is 0.692. The summed E-state index contributed by atoms with van der Waals surface area (Å²) < 4.78 is 42.6. The maximum atomic E-state index is 14.8. The Morgan fingerprint density at radius 1 is 1.25 bits per heavy atom. The number of sulfonamides is 1. The van der Waals surface area contributed by atoms with Crippen LogP contribution in [0.4, 0.5) is 4.39 Å². The number of carbonyl (C=O) groups excluding carboxylic acids is 1. The van der Waals surface area contributed by atoms with Gasteiger partial charge in [-0.25, -0.2) is 12.8 Å². The van der Waals surface area contributed by atoms with Gasteiger partial charge in [0.1, 0.15) is 11.1 Å². The van der Waals surface area contributed by atoms with E-state index in [0.717, 1.165) is 40.3 Å². The maximum Gasteiger partial charge on any atom is 0.240 e. The number of hydrogen-bond donors (Lipinski definition) is 1. The predicted octanol–water partition coefficient (Wildman–Crippen LogP) is 2.47. The van der Waals surface area contributed by atoms with Gasteiger partial charge in [-0.2, -0.15) is 11.8 Å².